The Hall–Kier alpha value is -3.65. The van der Waals surface area contributed by atoms with Crippen molar-refractivity contribution in [3.63, 3.8) is 0 Å². The number of carbonyl (C=O) groups excluding carboxylic acids is 1. The number of ether oxygens (including phenoxy) is 3. The number of nitrogens with zero attached hydrogens (tertiary/aromatic N) is 2. The lowest BCUT2D eigenvalue weighted by molar-refractivity contribution is 0.0596. The second-order valence-electron chi connectivity index (χ2n) is 4.59. The van der Waals surface area contributed by atoms with Crippen molar-refractivity contribution in [3.05, 3.63) is 46.5 Å². The van der Waals surface area contributed by atoms with Crippen molar-refractivity contribution >= 4 is 5.97 Å². The van der Waals surface area contributed by atoms with Gasteiger partial charge in [0.1, 0.15) is 28.8 Å². The maximum Gasteiger partial charge on any atom is 0.341 e. The Morgan fingerprint density at radius 3 is 2.17 bits per heavy atom. The highest BCUT2D eigenvalue weighted by Crippen LogP contribution is 2.51. The zero-order valence-electron chi connectivity index (χ0n) is 12.0. The number of benzene rings is 2. The molecule has 6 nitrogen and oxygen atoms in total. The van der Waals surface area contributed by atoms with Gasteiger partial charge in [0.15, 0.2) is 34.6 Å². The lowest BCUT2D eigenvalue weighted by Crippen LogP contribution is -2.11. The summed E-state index contributed by atoms with van der Waals surface area (Å²) in [5.74, 6) is -4.82. The third-order valence-corrected chi connectivity index (χ3v) is 3.32. The molecule has 0 atom stereocenters. The molecule has 0 aliphatic carbocycles. The molecule has 0 saturated carbocycles. The zero-order valence-corrected chi connectivity index (χ0v) is 12.0. The van der Waals surface area contributed by atoms with E-state index < -0.39 is 40.2 Å². The number of methoxy groups -OCH3 is 1. The van der Waals surface area contributed by atoms with E-state index >= 15 is 0 Å². The summed E-state index contributed by atoms with van der Waals surface area (Å²) in [6.45, 7) is 0. The highest BCUT2D eigenvalue weighted by molar-refractivity contribution is 5.94. The summed E-state index contributed by atoms with van der Waals surface area (Å²) in [7, 11) is 1.16. The average Bonchev–Trinajstić information content (AvgIpc) is 2.60. The molecule has 8 heteroatoms. The SMILES string of the molecule is COC(=O)c1cccc2c1Oc1c(C#N)c(F)c(F)c(C#N)c1O2. The fraction of sp³-hybridized carbons (Fsp3) is 0.0625. The van der Waals surface area contributed by atoms with Gasteiger partial charge in [-0.1, -0.05) is 6.07 Å². The minimum absolute atomic E-state index is 0.00296. The van der Waals surface area contributed by atoms with Gasteiger partial charge in [-0.15, -0.1) is 0 Å². The van der Waals surface area contributed by atoms with E-state index in [-0.39, 0.29) is 17.1 Å². The maximum atomic E-state index is 14.0. The standard InChI is InChI=1S/C16H6F2N2O4/c1-22-16(21)7-3-2-4-10-13(7)24-15-9(6-20)12(18)11(17)8(5-19)14(15)23-10/h2-4H,1H3. The molecular formula is C16H6F2N2O4. The van der Waals surface area contributed by atoms with Gasteiger partial charge in [0.05, 0.1) is 7.11 Å². The highest BCUT2D eigenvalue weighted by Gasteiger charge is 2.34. The van der Waals surface area contributed by atoms with Gasteiger partial charge in [0.2, 0.25) is 0 Å². The van der Waals surface area contributed by atoms with E-state index in [4.69, 9.17) is 20.0 Å². The summed E-state index contributed by atoms with van der Waals surface area (Å²) in [5, 5.41) is 18.1. The first-order valence-electron chi connectivity index (χ1n) is 6.45. The monoisotopic (exact) mass is 328 g/mol. The van der Waals surface area contributed by atoms with E-state index in [1.165, 1.54) is 30.3 Å². The highest BCUT2D eigenvalue weighted by atomic mass is 19.2. The summed E-state index contributed by atoms with van der Waals surface area (Å²) in [5.41, 5.74) is -1.55. The summed E-state index contributed by atoms with van der Waals surface area (Å²) >= 11 is 0. The number of rotatable bonds is 1. The summed E-state index contributed by atoms with van der Waals surface area (Å²) in [6.07, 6.45) is 0. The minimum atomic E-state index is -1.53. The first-order valence-corrected chi connectivity index (χ1v) is 6.45. The summed E-state index contributed by atoms with van der Waals surface area (Å²) in [6, 6.07) is 7.17. The van der Waals surface area contributed by atoms with Gasteiger partial charge in [-0.05, 0) is 12.1 Å². The van der Waals surface area contributed by atoms with Gasteiger partial charge < -0.3 is 14.2 Å². The number of para-hydroxylation sites is 1. The van der Waals surface area contributed by atoms with Crippen LogP contribution in [-0.4, -0.2) is 13.1 Å². The Labute approximate surface area is 134 Å². The van der Waals surface area contributed by atoms with Crippen molar-refractivity contribution in [2.24, 2.45) is 0 Å². The number of carbonyl (C=O) groups is 1. The van der Waals surface area contributed by atoms with Crippen LogP contribution in [-0.2, 0) is 4.74 Å². The first-order chi connectivity index (χ1) is 11.5. The number of hydrogen-bond donors (Lipinski definition) is 0. The van der Waals surface area contributed by atoms with Crippen LogP contribution >= 0.6 is 0 Å². The minimum Gasteiger partial charge on any atom is -0.465 e. The van der Waals surface area contributed by atoms with Crippen molar-refractivity contribution in [1.29, 1.82) is 10.5 Å². The first kappa shape index (κ1) is 15.3. The van der Waals surface area contributed by atoms with Crippen molar-refractivity contribution in [1.82, 2.24) is 0 Å². The number of halogens is 2. The van der Waals surface area contributed by atoms with Crippen molar-refractivity contribution in [3.8, 4) is 35.1 Å². The molecule has 0 saturated heterocycles. The molecule has 3 rings (SSSR count). The second kappa shape index (κ2) is 5.52. The Morgan fingerprint density at radius 2 is 1.62 bits per heavy atom. The second-order valence-corrected chi connectivity index (χ2v) is 4.59. The van der Waals surface area contributed by atoms with Gasteiger partial charge in [0, 0.05) is 0 Å². The molecule has 0 amide bonds. The molecule has 1 aliphatic rings. The van der Waals surface area contributed by atoms with E-state index in [2.05, 4.69) is 4.74 Å². The van der Waals surface area contributed by atoms with Gasteiger partial charge in [-0.2, -0.15) is 10.5 Å². The molecule has 0 N–H and O–H groups in total. The lowest BCUT2D eigenvalue weighted by Gasteiger charge is -2.23. The summed E-state index contributed by atoms with van der Waals surface area (Å²) < 4.78 is 43.3. The maximum absolute atomic E-state index is 14.0. The largest absolute Gasteiger partial charge is 0.465 e. The predicted molar refractivity (Wildman–Crippen MR) is 73.7 cm³/mol. The van der Waals surface area contributed by atoms with Gasteiger partial charge in [-0.25, -0.2) is 13.6 Å². The summed E-state index contributed by atoms with van der Waals surface area (Å²) in [4.78, 5) is 11.8. The third kappa shape index (κ3) is 2.02. The van der Waals surface area contributed by atoms with Crippen LogP contribution in [0.2, 0.25) is 0 Å². The molecule has 118 valence electrons. The van der Waals surface area contributed by atoms with Crippen LogP contribution in [0.4, 0.5) is 8.78 Å². The molecule has 1 aliphatic heterocycles. The van der Waals surface area contributed by atoms with E-state index in [0.717, 1.165) is 7.11 Å². The van der Waals surface area contributed by atoms with Crippen molar-refractivity contribution in [2.45, 2.75) is 0 Å². The van der Waals surface area contributed by atoms with Crippen LogP contribution in [0.3, 0.4) is 0 Å². The van der Waals surface area contributed by atoms with E-state index in [9.17, 15) is 13.6 Å². The van der Waals surface area contributed by atoms with Crippen molar-refractivity contribution in [2.75, 3.05) is 7.11 Å². The fourth-order valence-electron chi connectivity index (χ4n) is 2.22. The Balaban J connectivity index is 2.29. The van der Waals surface area contributed by atoms with E-state index in [1.807, 2.05) is 0 Å². The smallest absolute Gasteiger partial charge is 0.341 e. The molecule has 0 spiro atoms. The number of esters is 1. The third-order valence-electron chi connectivity index (χ3n) is 3.32. The van der Waals surface area contributed by atoms with Gasteiger partial charge in [0.25, 0.3) is 0 Å². The van der Waals surface area contributed by atoms with Crippen LogP contribution in [0, 0.1) is 34.3 Å². The molecule has 0 radical (unpaired) electrons. The molecular weight excluding hydrogens is 322 g/mol. The van der Waals surface area contributed by atoms with Crippen LogP contribution in [0.15, 0.2) is 18.2 Å². The normalized spacial score (nSPS) is 11.0. The van der Waals surface area contributed by atoms with Crippen LogP contribution < -0.4 is 9.47 Å². The van der Waals surface area contributed by atoms with Crippen LogP contribution in [0.1, 0.15) is 21.5 Å². The van der Waals surface area contributed by atoms with Crippen LogP contribution in [0.5, 0.6) is 23.0 Å². The topological polar surface area (TPSA) is 92.3 Å². The van der Waals surface area contributed by atoms with E-state index in [1.54, 1.807) is 0 Å². The molecule has 24 heavy (non-hydrogen) atoms. The lowest BCUT2D eigenvalue weighted by atomic mass is 10.1. The molecule has 0 aromatic heterocycles. The average molecular weight is 328 g/mol. The zero-order chi connectivity index (χ0) is 17.4. The van der Waals surface area contributed by atoms with Gasteiger partial charge >= 0.3 is 5.97 Å². The fourth-order valence-corrected chi connectivity index (χ4v) is 2.22. The number of fused-ring (bicyclic) bond motifs is 2. The number of hydrogen-bond acceptors (Lipinski definition) is 6. The van der Waals surface area contributed by atoms with Gasteiger partial charge in [-0.3, -0.25) is 0 Å². The molecule has 0 fully saturated rings. The number of nitriles is 2. The Bertz CT molecular complexity index is 974. The van der Waals surface area contributed by atoms with Crippen molar-refractivity contribution < 1.29 is 27.8 Å². The molecule has 0 unspecified atom stereocenters. The quantitative estimate of drug-likeness (QED) is 0.636. The molecule has 2 aromatic carbocycles. The van der Waals surface area contributed by atoms with E-state index in [0.29, 0.717) is 0 Å². The molecule has 0 bridgehead atoms. The molecule has 2 aromatic rings. The predicted octanol–water partition coefficient (Wildman–Crippen LogP) is 3.39. The Morgan fingerprint density at radius 1 is 1.04 bits per heavy atom. The van der Waals surface area contributed by atoms with Crippen LogP contribution in [0.25, 0.3) is 0 Å². The molecule has 1 heterocycles. The Kier molecular flexibility index (Phi) is 3.51.